The normalized spacial score (nSPS) is 17.6. The molecule has 26 heavy (non-hydrogen) atoms. The molecule has 0 spiro atoms. The molecule has 6 nitrogen and oxygen atoms in total. The zero-order valence-electron chi connectivity index (χ0n) is 15.7. The molecule has 0 aromatic heterocycles. The number of benzene rings is 1. The number of nitrogens with one attached hydrogen (secondary N) is 2. The molecule has 1 fully saturated rings. The lowest BCUT2D eigenvalue weighted by atomic mass is 10.1. The van der Waals surface area contributed by atoms with Gasteiger partial charge in [0.2, 0.25) is 17.7 Å². The molecule has 0 bridgehead atoms. The maximum atomic E-state index is 12.5. The van der Waals surface area contributed by atoms with Crippen molar-refractivity contribution >= 4 is 17.7 Å². The zero-order valence-corrected chi connectivity index (χ0v) is 15.7. The zero-order chi connectivity index (χ0) is 18.9. The Labute approximate surface area is 155 Å². The summed E-state index contributed by atoms with van der Waals surface area (Å²) < 4.78 is 0. The van der Waals surface area contributed by atoms with Crippen molar-refractivity contribution in [3.8, 4) is 0 Å². The molecule has 1 aliphatic heterocycles. The summed E-state index contributed by atoms with van der Waals surface area (Å²) in [5.74, 6) is -0.258. The number of carbonyl (C=O) groups excluding carboxylic acids is 3. The monoisotopic (exact) mass is 359 g/mol. The Morgan fingerprint density at radius 3 is 2.65 bits per heavy atom. The SMILES string of the molecule is CCC(C)NC(=O)CCNC(=O)C1CCCN1C(=O)Cc1ccccc1. The number of hydrogen-bond acceptors (Lipinski definition) is 3. The molecule has 1 saturated heterocycles. The minimum Gasteiger partial charge on any atom is -0.354 e. The Kier molecular flexibility index (Phi) is 7.63. The Morgan fingerprint density at radius 1 is 1.23 bits per heavy atom. The second-order valence-electron chi connectivity index (χ2n) is 6.83. The van der Waals surface area contributed by atoms with Gasteiger partial charge in [0.1, 0.15) is 6.04 Å². The van der Waals surface area contributed by atoms with Gasteiger partial charge in [-0.05, 0) is 31.7 Å². The van der Waals surface area contributed by atoms with Crippen molar-refractivity contribution in [1.29, 1.82) is 0 Å². The highest BCUT2D eigenvalue weighted by molar-refractivity contribution is 5.89. The van der Waals surface area contributed by atoms with Crippen molar-refractivity contribution in [2.24, 2.45) is 0 Å². The molecule has 0 radical (unpaired) electrons. The van der Waals surface area contributed by atoms with Gasteiger partial charge in [0.05, 0.1) is 6.42 Å². The number of hydrogen-bond donors (Lipinski definition) is 2. The molecule has 2 unspecified atom stereocenters. The molecule has 3 amide bonds. The highest BCUT2D eigenvalue weighted by atomic mass is 16.2. The molecule has 1 aliphatic rings. The molecule has 1 aromatic carbocycles. The van der Waals surface area contributed by atoms with E-state index in [1.165, 1.54) is 0 Å². The van der Waals surface area contributed by atoms with Crippen LogP contribution >= 0.6 is 0 Å². The van der Waals surface area contributed by atoms with E-state index in [0.717, 1.165) is 18.4 Å². The first-order chi connectivity index (χ1) is 12.5. The highest BCUT2D eigenvalue weighted by Crippen LogP contribution is 2.19. The van der Waals surface area contributed by atoms with Crippen molar-refractivity contribution in [2.45, 2.75) is 58.0 Å². The van der Waals surface area contributed by atoms with E-state index in [2.05, 4.69) is 10.6 Å². The Morgan fingerprint density at radius 2 is 1.96 bits per heavy atom. The van der Waals surface area contributed by atoms with Gasteiger partial charge in [-0.15, -0.1) is 0 Å². The van der Waals surface area contributed by atoms with Crippen LogP contribution in [0.3, 0.4) is 0 Å². The number of carbonyl (C=O) groups is 3. The van der Waals surface area contributed by atoms with Crippen LogP contribution in [0.5, 0.6) is 0 Å². The van der Waals surface area contributed by atoms with Crippen molar-refractivity contribution in [2.75, 3.05) is 13.1 Å². The second-order valence-corrected chi connectivity index (χ2v) is 6.83. The summed E-state index contributed by atoms with van der Waals surface area (Å²) in [6.45, 7) is 4.86. The third-order valence-corrected chi connectivity index (χ3v) is 4.75. The molecule has 2 rings (SSSR count). The van der Waals surface area contributed by atoms with Crippen LogP contribution in [0.1, 0.15) is 45.1 Å². The molecule has 6 heteroatoms. The van der Waals surface area contributed by atoms with Gasteiger partial charge < -0.3 is 15.5 Å². The molecule has 0 aliphatic carbocycles. The maximum Gasteiger partial charge on any atom is 0.242 e. The van der Waals surface area contributed by atoms with Crippen LogP contribution in [0.2, 0.25) is 0 Å². The second kappa shape index (κ2) is 9.94. The minimum atomic E-state index is -0.427. The van der Waals surface area contributed by atoms with Crippen molar-refractivity contribution in [1.82, 2.24) is 15.5 Å². The number of rotatable bonds is 8. The van der Waals surface area contributed by atoms with E-state index in [1.54, 1.807) is 4.90 Å². The predicted molar refractivity (Wildman–Crippen MR) is 100 cm³/mol. The van der Waals surface area contributed by atoms with Gasteiger partial charge in [0, 0.05) is 25.6 Å². The third kappa shape index (κ3) is 5.86. The lowest BCUT2D eigenvalue weighted by Gasteiger charge is -2.24. The van der Waals surface area contributed by atoms with Gasteiger partial charge in [0.15, 0.2) is 0 Å². The predicted octanol–water partition coefficient (Wildman–Crippen LogP) is 1.64. The van der Waals surface area contributed by atoms with Crippen LogP contribution in [0.25, 0.3) is 0 Å². The van der Waals surface area contributed by atoms with Gasteiger partial charge in [-0.2, -0.15) is 0 Å². The van der Waals surface area contributed by atoms with E-state index in [0.29, 0.717) is 19.4 Å². The van der Waals surface area contributed by atoms with Crippen LogP contribution in [-0.4, -0.2) is 47.8 Å². The molecule has 1 heterocycles. The maximum absolute atomic E-state index is 12.5. The van der Waals surface area contributed by atoms with Gasteiger partial charge in [-0.1, -0.05) is 37.3 Å². The fourth-order valence-electron chi connectivity index (χ4n) is 3.08. The number of nitrogens with zero attached hydrogens (tertiary/aromatic N) is 1. The lowest BCUT2D eigenvalue weighted by molar-refractivity contribution is -0.138. The molecule has 1 aromatic rings. The van der Waals surface area contributed by atoms with Crippen molar-refractivity contribution in [3.63, 3.8) is 0 Å². The van der Waals surface area contributed by atoms with Crippen LogP contribution < -0.4 is 10.6 Å². The first-order valence-electron chi connectivity index (χ1n) is 9.41. The topological polar surface area (TPSA) is 78.5 Å². The Hall–Kier alpha value is -2.37. The summed E-state index contributed by atoms with van der Waals surface area (Å²) in [5, 5.41) is 5.67. The van der Waals surface area contributed by atoms with Crippen molar-refractivity contribution < 1.29 is 14.4 Å². The van der Waals surface area contributed by atoms with E-state index in [9.17, 15) is 14.4 Å². The van der Waals surface area contributed by atoms with Gasteiger partial charge in [-0.25, -0.2) is 0 Å². The molecule has 2 atom stereocenters. The third-order valence-electron chi connectivity index (χ3n) is 4.75. The van der Waals surface area contributed by atoms with E-state index in [1.807, 2.05) is 44.2 Å². The summed E-state index contributed by atoms with van der Waals surface area (Å²) >= 11 is 0. The lowest BCUT2D eigenvalue weighted by Crippen LogP contribution is -2.47. The summed E-state index contributed by atoms with van der Waals surface area (Å²) in [7, 11) is 0. The largest absolute Gasteiger partial charge is 0.354 e. The molecule has 0 saturated carbocycles. The molecular formula is C20H29N3O3. The van der Waals surface area contributed by atoms with Crippen molar-refractivity contribution in [3.05, 3.63) is 35.9 Å². The summed E-state index contributed by atoms with van der Waals surface area (Å²) in [5.41, 5.74) is 0.949. The minimum absolute atomic E-state index is 0.0247. The van der Waals surface area contributed by atoms with E-state index in [-0.39, 0.29) is 36.7 Å². The fraction of sp³-hybridized carbons (Fsp3) is 0.550. The van der Waals surface area contributed by atoms with E-state index >= 15 is 0 Å². The Balaban J connectivity index is 1.80. The first kappa shape index (κ1) is 19.9. The molecule has 142 valence electrons. The van der Waals surface area contributed by atoms with Gasteiger partial charge in [0.25, 0.3) is 0 Å². The number of amides is 3. The van der Waals surface area contributed by atoms with Crippen LogP contribution in [-0.2, 0) is 20.8 Å². The van der Waals surface area contributed by atoms with E-state index < -0.39 is 6.04 Å². The standard InChI is InChI=1S/C20H29N3O3/c1-3-15(2)22-18(24)11-12-21-20(26)17-10-7-13-23(17)19(25)14-16-8-5-4-6-9-16/h4-6,8-9,15,17H,3,7,10-14H2,1-2H3,(H,21,26)(H,22,24). The van der Waals surface area contributed by atoms with Gasteiger partial charge in [-0.3, -0.25) is 14.4 Å². The van der Waals surface area contributed by atoms with E-state index in [4.69, 9.17) is 0 Å². The number of likely N-dealkylation sites (tertiary alicyclic amines) is 1. The highest BCUT2D eigenvalue weighted by Gasteiger charge is 2.33. The van der Waals surface area contributed by atoms with Crippen LogP contribution in [0.4, 0.5) is 0 Å². The fourth-order valence-corrected chi connectivity index (χ4v) is 3.08. The molecular weight excluding hydrogens is 330 g/mol. The Bertz CT molecular complexity index is 618. The van der Waals surface area contributed by atoms with Gasteiger partial charge >= 0.3 is 0 Å². The smallest absolute Gasteiger partial charge is 0.242 e. The van der Waals surface area contributed by atoms with Crippen LogP contribution in [0.15, 0.2) is 30.3 Å². The summed E-state index contributed by atoms with van der Waals surface area (Å²) in [6, 6.07) is 9.26. The molecule has 2 N–H and O–H groups in total. The average Bonchev–Trinajstić information content (AvgIpc) is 3.12. The summed E-state index contributed by atoms with van der Waals surface area (Å²) in [4.78, 5) is 38.4. The quantitative estimate of drug-likeness (QED) is 0.741. The van der Waals surface area contributed by atoms with Crippen LogP contribution in [0, 0.1) is 0 Å². The average molecular weight is 359 g/mol. The first-order valence-corrected chi connectivity index (χ1v) is 9.41. The summed E-state index contributed by atoms with van der Waals surface area (Å²) in [6.07, 6.45) is 2.93.